The molecule has 4 nitrogen and oxygen atoms in total. The molecule has 0 saturated heterocycles. The molecule has 4 rings (SSSR count). The zero-order chi connectivity index (χ0) is 22.3. The third kappa shape index (κ3) is 3.57. The molecule has 2 N–H and O–H groups in total. The van der Waals surface area contributed by atoms with Gasteiger partial charge in [-0.3, -0.25) is 4.79 Å². The van der Waals surface area contributed by atoms with Crippen molar-refractivity contribution in [3.05, 3.63) is 87.1 Å². The standard InChI is InChI=1S/C24H16F2O4S/c1-12-6-8-15(22(26)21(12)25)17-11-31-19(20(17)24(29)30)10-18(27)16-9-7-13-4-2-3-5-14(13)23(16)28/h2-9,11,28H,10H2,1H3,(H,29,30). The molecule has 0 aliphatic heterocycles. The smallest absolute Gasteiger partial charge is 0.337 e. The van der Waals surface area contributed by atoms with Crippen LogP contribution in [0.25, 0.3) is 21.9 Å². The Morgan fingerprint density at radius 1 is 0.968 bits per heavy atom. The predicted molar refractivity (Wildman–Crippen MR) is 115 cm³/mol. The van der Waals surface area contributed by atoms with Crippen LogP contribution in [0.2, 0.25) is 0 Å². The van der Waals surface area contributed by atoms with E-state index in [0.717, 1.165) is 16.7 Å². The summed E-state index contributed by atoms with van der Waals surface area (Å²) in [4.78, 5) is 25.0. The number of carbonyl (C=O) groups is 2. The molecule has 0 aliphatic rings. The lowest BCUT2D eigenvalue weighted by Crippen LogP contribution is -2.08. The summed E-state index contributed by atoms with van der Waals surface area (Å²) < 4.78 is 28.5. The summed E-state index contributed by atoms with van der Waals surface area (Å²) in [6.07, 6.45) is -0.297. The number of hydrogen-bond donors (Lipinski definition) is 2. The quantitative estimate of drug-likeness (QED) is 0.376. The molecule has 31 heavy (non-hydrogen) atoms. The molecule has 4 aromatic rings. The van der Waals surface area contributed by atoms with Gasteiger partial charge in [-0.1, -0.05) is 42.5 Å². The van der Waals surface area contributed by atoms with Crippen molar-refractivity contribution in [2.45, 2.75) is 13.3 Å². The number of aromatic carboxylic acids is 1. The van der Waals surface area contributed by atoms with Crippen molar-refractivity contribution in [3.8, 4) is 16.9 Å². The minimum Gasteiger partial charge on any atom is -0.507 e. The molecular weight excluding hydrogens is 422 g/mol. The minimum absolute atomic E-state index is 0.0134. The minimum atomic E-state index is -1.35. The number of phenols is 1. The highest BCUT2D eigenvalue weighted by Gasteiger charge is 2.25. The predicted octanol–water partition coefficient (Wildman–Crippen LogP) is 5.98. The summed E-state index contributed by atoms with van der Waals surface area (Å²) in [5, 5.41) is 22.9. The van der Waals surface area contributed by atoms with E-state index in [1.54, 1.807) is 24.3 Å². The Hall–Kier alpha value is -3.58. The Balaban J connectivity index is 1.75. The van der Waals surface area contributed by atoms with Crippen molar-refractivity contribution < 1.29 is 28.6 Å². The van der Waals surface area contributed by atoms with Crippen LogP contribution in [0.15, 0.2) is 53.9 Å². The number of carboxylic acid groups (broad SMARTS) is 1. The molecule has 1 aromatic heterocycles. The summed E-state index contributed by atoms with van der Waals surface area (Å²) in [5.74, 6) is -4.18. The summed E-state index contributed by atoms with van der Waals surface area (Å²) in [7, 11) is 0. The molecular formula is C24H16F2O4S. The Bertz CT molecular complexity index is 1360. The van der Waals surface area contributed by atoms with Crippen LogP contribution in [0.1, 0.15) is 31.2 Å². The molecule has 0 unspecified atom stereocenters. The molecule has 156 valence electrons. The van der Waals surface area contributed by atoms with Crippen molar-refractivity contribution in [2.75, 3.05) is 0 Å². The van der Waals surface area contributed by atoms with Gasteiger partial charge in [-0.15, -0.1) is 11.3 Å². The molecule has 0 aliphatic carbocycles. The fourth-order valence-electron chi connectivity index (χ4n) is 3.54. The van der Waals surface area contributed by atoms with Gasteiger partial charge in [0.1, 0.15) is 5.75 Å². The third-order valence-corrected chi connectivity index (χ3v) is 6.16. The molecule has 0 amide bonds. The molecule has 3 aromatic carbocycles. The molecule has 0 radical (unpaired) electrons. The number of hydrogen-bond acceptors (Lipinski definition) is 4. The fraction of sp³-hybridized carbons (Fsp3) is 0.0833. The molecule has 0 saturated carbocycles. The van der Waals surface area contributed by atoms with Crippen molar-refractivity contribution in [1.82, 2.24) is 0 Å². The summed E-state index contributed by atoms with van der Waals surface area (Å²) in [5.41, 5.74) is -0.239. The molecule has 0 spiro atoms. The first-order valence-corrected chi connectivity index (χ1v) is 10.2. The lowest BCUT2D eigenvalue weighted by atomic mass is 9.97. The lowest BCUT2D eigenvalue weighted by molar-refractivity contribution is 0.0697. The van der Waals surface area contributed by atoms with Gasteiger partial charge in [-0.25, -0.2) is 13.6 Å². The van der Waals surface area contributed by atoms with E-state index in [4.69, 9.17) is 0 Å². The second-order valence-electron chi connectivity index (χ2n) is 7.09. The van der Waals surface area contributed by atoms with Crippen LogP contribution < -0.4 is 0 Å². The number of ketones is 1. The number of carboxylic acids is 1. The van der Waals surface area contributed by atoms with Crippen LogP contribution in [0.3, 0.4) is 0 Å². The number of fused-ring (bicyclic) bond motifs is 1. The van der Waals surface area contributed by atoms with Gasteiger partial charge in [-0.2, -0.15) is 0 Å². The van der Waals surface area contributed by atoms with Gasteiger partial charge in [0.15, 0.2) is 17.4 Å². The van der Waals surface area contributed by atoms with Crippen molar-refractivity contribution in [1.29, 1.82) is 0 Å². The van der Waals surface area contributed by atoms with Gasteiger partial charge >= 0.3 is 5.97 Å². The first-order chi connectivity index (χ1) is 14.8. The van der Waals surface area contributed by atoms with Crippen LogP contribution in [0.4, 0.5) is 8.78 Å². The number of thiophene rings is 1. The van der Waals surface area contributed by atoms with Crippen molar-refractivity contribution in [3.63, 3.8) is 0 Å². The molecule has 1 heterocycles. The van der Waals surface area contributed by atoms with Crippen molar-refractivity contribution in [2.24, 2.45) is 0 Å². The topological polar surface area (TPSA) is 74.6 Å². The third-order valence-electron chi connectivity index (χ3n) is 5.17. The average molecular weight is 438 g/mol. The van der Waals surface area contributed by atoms with Gasteiger partial charge in [0, 0.05) is 27.8 Å². The van der Waals surface area contributed by atoms with E-state index < -0.39 is 23.4 Å². The SMILES string of the molecule is Cc1ccc(-c2csc(CC(=O)c3ccc4ccccc4c3O)c2C(=O)O)c(F)c1F. The van der Waals surface area contributed by atoms with E-state index in [-0.39, 0.29) is 44.9 Å². The second kappa shape index (κ2) is 7.92. The van der Waals surface area contributed by atoms with E-state index in [9.17, 15) is 28.6 Å². The number of aryl methyl sites for hydroxylation is 1. The summed E-state index contributed by atoms with van der Waals surface area (Å²) in [6, 6.07) is 12.9. The lowest BCUT2D eigenvalue weighted by Gasteiger charge is -2.09. The Labute approximate surface area is 180 Å². The summed E-state index contributed by atoms with van der Waals surface area (Å²) >= 11 is 0.978. The highest BCUT2D eigenvalue weighted by molar-refractivity contribution is 7.11. The number of carbonyl (C=O) groups excluding carboxylic acids is 1. The Kier molecular flexibility index (Phi) is 5.29. The van der Waals surface area contributed by atoms with Gasteiger partial charge in [0.25, 0.3) is 0 Å². The van der Waals surface area contributed by atoms with E-state index >= 15 is 0 Å². The van der Waals surface area contributed by atoms with Crippen molar-refractivity contribution >= 4 is 33.9 Å². The molecule has 0 atom stereocenters. The normalized spacial score (nSPS) is 11.1. The Morgan fingerprint density at radius 3 is 2.45 bits per heavy atom. The fourth-order valence-corrected chi connectivity index (χ4v) is 4.57. The number of halogens is 2. The maximum Gasteiger partial charge on any atom is 0.337 e. The van der Waals surface area contributed by atoms with Crippen LogP contribution in [0, 0.1) is 18.6 Å². The molecule has 0 bridgehead atoms. The zero-order valence-electron chi connectivity index (χ0n) is 16.3. The van der Waals surface area contributed by atoms with Crippen LogP contribution in [-0.4, -0.2) is 22.0 Å². The first-order valence-electron chi connectivity index (χ1n) is 9.32. The number of rotatable bonds is 5. The van der Waals surface area contributed by atoms with E-state index in [2.05, 4.69) is 0 Å². The van der Waals surface area contributed by atoms with Gasteiger partial charge < -0.3 is 10.2 Å². The van der Waals surface area contributed by atoms with Gasteiger partial charge in [0.05, 0.1) is 11.1 Å². The highest BCUT2D eigenvalue weighted by Crippen LogP contribution is 2.36. The number of Topliss-reactive ketones (excluding diaryl/α,β-unsaturated/α-hetero) is 1. The van der Waals surface area contributed by atoms with Gasteiger partial charge in [0.2, 0.25) is 0 Å². The zero-order valence-corrected chi connectivity index (χ0v) is 17.1. The van der Waals surface area contributed by atoms with Gasteiger partial charge in [-0.05, 0) is 29.3 Å². The van der Waals surface area contributed by atoms with Crippen LogP contribution in [-0.2, 0) is 6.42 Å². The highest BCUT2D eigenvalue weighted by atomic mass is 32.1. The largest absolute Gasteiger partial charge is 0.507 e. The van der Waals surface area contributed by atoms with Crippen LogP contribution in [0.5, 0.6) is 5.75 Å². The van der Waals surface area contributed by atoms with Crippen LogP contribution >= 0.6 is 11.3 Å². The van der Waals surface area contributed by atoms with E-state index in [1.807, 2.05) is 6.07 Å². The maximum atomic E-state index is 14.5. The number of aromatic hydroxyl groups is 1. The van der Waals surface area contributed by atoms with E-state index in [0.29, 0.717) is 5.39 Å². The van der Waals surface area contributed by atoms with E-state index in [1.165, 1.54) is 30.5 Å². The first kappa shape index (κ1) is 20.7. The molecule has 7 heteroatoms. The monoisotopic (exact) mass is 438 g/mol. The summed E-state index contributed by atoms with van der Waals surface area (Å²) in [6.45, 7) is 1.41. The maximum absolute atomic E-state index is 14.5. The number of benzene rings is 3. The average Bonchev–Trinajstić information content (AvgIpc) is 3.16. The molecule has 0 fully saturated rings. The second-order valence-corrected chi connectivity index (χ2v) is 8.06. The Morgan fingerprint density at radius 2 is 1.71 bits per heavy atom. The number of phenolic OH excluding ortho intramolecular Hbond substituents is 1.